The Bertz CT molecular complexity index is 809. The first kappa shape index (κ1) is 19.2. The Kier molecular flexibility index (Phi) is 4.83. The maximum Gasteiger partial charge on any atom is 0.501 e. The van der Waals surface area contributed by atoms with Gasteiger partial charge in [0.15, 0.2) is 5.60 Å². The van der Waals surface area contributed by atoms with Crippen LogP contribution >= 0.6 is 0 Å². The van der Waals surface area contributed by atoms with Gasteiger partial charge in [-0.3, -0.25) is 9.59 Å². The largest absolute Gasteiger partial charge is 0.501 e. The molecule has 0 saturated carbocycles. The molecule has 7 nitrogen and oxygen atoms in total. The van der Waals surface area contributed by atoms with E-state index >= 15 is 0 Å². The van der Waals surface area contributed by atoms with Gasteiger partial charge in [0, 0.05) is 6.54 Å². The molecule has 1 heterocycles. The third-order valence-electron chi connectivity index (χ3n) is 3.93. The van der Waals surface area contributed by atoms with Gasteiger partial charge in [0.05, 0.1) is 17.0 Å². The molecule has 0 radical (unpaired) electrons. The summed E-state index contributed by atoms with van der Waals surface area (Å²) >= 11 is 0. The Morgan fingerprint density at radius 2 is 1.84 bits per heavy atom. The predicted molar refractivity (Wildman–Crippen MR) is 79.0 cm³/mol. The normalized spacial score (nSPS) is 21.8. The van der Waals surface area contributed by atoms with Crippen LogP contribution in [0.5, 0.6) is 0 Å². The third kappa shape index (κ3) is 3.47. The summed E-state index contributed by atoms with van der Waals surface area (Å²) in [4.78, 5) is 23.6. The maximum atomic E-state index is 12.8. The van der Waals surface area contributed by atoms with Gasteiger partial charge < -0.3 is 15.7 Å². The zero-order valence-corrected chi connectivity index (χ0v) is 13.6. The molecule has 138 valence electrons. The van der Waals surface area contributed by atoms with Gasteiger partial charge in [-0.1, -0.05) is 12.1 Å². The number of nitrogens with zero attached hydrogens (tertiary/aromatic N) is 1. The van der Waals surface area contributed by atoms with Crippen molar-refractivity contribution in [2.24, 2.45) is 5.73 Å². The summed E-state index contributed by atoms with van der Waals surface area (Å²) in [5.74, 6) is -2.11. The summed E-state index contributed by atoms with van der Waals surface area (Å²) in [5.41, 5.74) is -3.18. The van der Waals surface area contributed by atoms with Gasteiger partial charge in [-0.25, -0.2) is 8.42 Å². The van der Waals surface area contributed by atoms with E-state index in [4.69, 9.17) is 5.73 Å². The summed E-state index contributed by atoms with van der Waals surface area (Å²) in [6.45, 7) is -0.490. The Labute approximate surface area is 141 Å². The van der Waals surface area contributed by atoms with E-state index in [0.29, 0.717) is 6.07 Å². The maximum absolute atomic E-state index is 12.8. The summed E-state index contributed by atoms with van der Waals surface area (Å²) in [5, 5.41) is 10.1. The molecule has 3 N–H and O–H groups in total. The minimum Gasteiger partial charge on any atom is -0.378 e. The van der Waals surface area contributed by atoms with Crippen molar-refractivity contribution in [3.63, 3.8) is 0 Å². The second-order valence-corrected chi connectivity index (χ2v) is 7.58. The number of β-amino-alcohol motifs (C(OH)–C–C–N with tert-alkyl or cyclic N) is 1. The summed E-state index contributed by atoms with van der Waals surface area (Å²) in [6, 6.07) is 3.90. The molecule has 1 saturated heterocycles. The monoisotopic (exact) mass is 380 g/mol. The second kappa shape index (κ2) is 6.30. The number of rotatable bonds is 3. The predicted octanol–water partition coefficient (Wildman–Crippen LogP) is 0.432. The van der Waals surface area contributed by atoms with Crippen molar-refractivity contribution < 1.29 is 36.3 Å². The van der Waals surface area contributed by atoms with Crippen LogP contribution in [0.25, 0.3) is 0 Å². The first-order valence-corrected chi connectivity index (χ1v) is 8.60. The number of likely N-dealkylation sites (tertiary alicyclic amines) is 1. The quantitative estimate of drug-likeness (QED) is 0.789. The highest BCUT2D eigenvalue weighted by atomic mass is 32.2. The number of amides is 2. The van der Waals surface area contributed by atoms with Crippen LogP contribution < -0.4 is 5.73 Å². The molecule has 1 atom stereocenters. The Balaban J connectivity index is 2.44. The number of piperidine rings is 1. The molecular weight excluding hydrogens is 365 g/mol. The number of sulfone groups is 1. The van der Waals surface area contributed by atoms with Gasteiger partial charge in [0.2, 0.25) is 0 Å². The van der Waals surface area contributed by atoms with Gasteiger partial charge in [-0.15, -0.1) is 0 Å². The van der Waals surface area contributed by atoms with Crippen LogP contribution in [0, 0.1) is 0 Å². The molecule has 25 heavy (non-hydrogen) atoms. The molecule has 0 aliphatic carbocycles. The number of nitrogens with two attached hydrogens (primary N) is 1. The van der Waals surface area contributed by atoms with Crippen molar-refractivity contribution in [1.29, 1.82) is 0 Å². The second-order valence-electron chi connectivity index (χ2n) is 5.67. The molecule has 1 aromatic carbocycles. The fourth-order valence-electron chi connectivity index (χ4n) is 2.58. The van der Waals surface area contributed by atoms with E-state index in [0.717, 1.165) is 17.0 Å². The number of hydrogen-bond acceptors (Lipinski definition) is 5. The number of carbonyl (C=O) groups is 2. The minimum atomic E-state index is -5.74. The molecule has 0 aromatic heterocycles. The average Bonchev–Trinajstić information content (AvgIpc) is 2.53. The fraction of sp³-hybridized carbons (Fsp3) is 0.429. The van der Waals surface area contributed by atoms with Crippen LogP contribution in [0.2, 0.25) is 0 Å². The van der Waals surface area contributed by atoms with E-state index in [1.54, 1.807) is 0 Å². The Morgan fingerprint density at radius 3 is 2.40 bits per heavy atom. The first-order valence-electron chi connectivity index (χ1n) is 7.12. The van der Waals surface area contributed by atoms with E-state index in [-0.39, 0.29) is 19.4 Å². The van der Waals surface area contributed by atoms with E-state index in [2.05, 4.69) is 0 Å². The van der Waals surface area contributed by atoms with Crippen molar-refractivity contribution in [1.82, 2.24) is 4.90 Å². The number of primary amides is 1. The minimum absolute atomic E-state index is 0.00535. The molecule has 1 fully saturated rings. The van der Waals surface area contributed by atoms with Crippen molar-refractivity contribution in [3.8, 4) is 0 Å². The zero-order chi connectivity index (χ0) is 19.0. The van der Waals surface area contributed by atoms with Crippen molar-refractivity contribution >= 4 is 21.7 Å². The van der Waals surface area contributed by atoms with Crippen LogP contribution in [0.15, 0.2) is 29.2 Å². The van der Waals surface area contributed by atoms with Gasteiger partial charge in [-0.2, -0.15) is 13.2 Å². The van der Waals surface area contributed by atoms with Crippen molar-refractivity contribution in [3.05, 3.63) is 29.8 Å². The Hall–Kier alpha value is -2.14. The molecule has 0 bridgehead atoms. The fourth-order valence-corrected chi connectivity index (χ4v) is 3.54. The molecule has 2 amide bonds. The number of carbonyl (C=O) groups excluding carboxylic acids is 2. The molecule has 11 heteroatoms. The molecule has 1 unspecified atom stereocenters. The zero-order valence-electron chi connectivity index (χ0n) is 12.8. The van der Waals surface area contributed by atoms with Gasteiger partial charge in [0.25, 0.3) is 21.7 Å². The van der Waals surface area contributed by atoms with Crippen LogP contribution in [-0.2, 0) is 14.6 Å². The molecule has 0 spiro atoms. The number of halogens is 3. The van der Waals surface area contributed by atoms with E-state index in [9.17, 15) is 36.3 Å². The highest BCUT2D eigenvalue weighted by Gasteiger charge is 2.49. The lowest BCUT2D eigenvalue weighted by molar-refractivity contribution is -0.140. The summed E-state index contributed by atoms with van der Waals surface area (Å²) in [6.07, 6.45) is 0.175. The standard InChI is InChI=1S/C14H15F3N2O5S/c15-14(16,17)25(23,24)10-5-2-1-4-9(10)11(20)19-7-3-6-13(22,8-19)12(18)21/h1-2,4-5,22H,3,6-8H2,(H2,18,21). The van der Waals surface area contributed by atoms with Crippen molar-refractivity contribution in [2.75, 3.05) is 13.1 Å². The smallest absolute Gasteiger partial charge is 0.378 e. The van der Waals surface area contributed by atoms with E-state index in [1.165, 1.54) is 6.07 Å². The van der Waals surface area contributed by atoms with Crippen molar-refractivity contribution in [2.45, 2.75) is 28.8 Å². The first-order chi connectivity index (χ1) is 11.4. The molecule has 1 aliphatic rings. The summed E-state index contributed by atoms with van der Waals surface area (Å²) in [7, 11) is -5.74. The Morgan fingerprint density at radius 1 is 1.24 bits per heavy atom. The lowest BCUT2D eigenvalue weighted by atomic mass is 9.92. The van der Waals surface area contributed by atoms with Gasteiger partial charge in [0.1, 0.15) is 0 Å². The van der Waals surface area contributed by atoms with Crippen LogP contribution in [0.1, 0.15) is 23.2 Å². The molecule has 1 aliphatic heterocycles. The number of aliphatic hydroxyl groups is 1. The number of benzene rings is 1. The van der Waals surface area contributed by atoms with Crippen LogP contribution in [0.4, 0.5) is 13.2 Å². The average molecular weight is 380 g/mol. The SMILES string of the molecule is NC(=O)C1(O)CCCN(C(=O)c2ccccc2S(=O)(=O)C(F)(F)F)C1. The van der Waals surface area contributed by atoms with Gasteiger partial charge in [-0.05, 0) is 25.0 Å². The number of alkyl halides is 3. The third-order valence-corrected chi connectivity index (χ3v) is 5.47. The van der Waals surface area contributed by atoms with Crippen LogP contribution in [-0.4, -0.2) is 54.4 Å². The topological polar surface area (TPSA) is 118 Å². The summed E-state index contributed by atoms with van der Waals surface area (Å²) < 4.78 is 61.8. The highest BCUT2D eigenvalue weighted by molar-refractivity contribution is 7.92. The highest BCUT2D eigenvalue weighted by Crippen LogP contribution is 2.33. The molecule has 2 rings (SSSR count). The molecule has 1 aromatic rings. The van der Waals surface area contributed by atoms with E-state index < -0.39 is 49.8 Å². The number of hydrogen-bond donors (Lipinski definition) is 2. The lowest BCUT2D eigenvalue weighted by Gasteiger charge is -2.37. The van der Waals surface area contributed by atoms with Gasteiger partial charge >= 0.3 is 5.51 Å². The van der Waals surface area contributed by atoms with Crippen LogP contribution in [0.3, 0.4) is 0 Å². The molecular formula is C14H15F3N2O5S. The van der Waals surface area contributed by atoms with E-state index in [1.807, 2.05) is 0 Å². The lowest BCUT2D eigenvalue weighted by Crippen LogP contribution is -2.57.